The van der Waals surface area contributed by atoms with Gasteiger partial charge in [0.1, 0.15) is 17.4 Å². The van der Waals surface area contributed by atoms with E-state index in [1.165, 1.54) is 10.8 Å². The molecule has 292 valence electrons. The van der Waals surface area contributed by atoms with Gasteiger partial charge >= 0.3 is 11.8 Å². The number of aromatic nitrogens is 6. The molecule has 0 unspecified atom stereocenters. The molecule has 4 aromatic heterocycles. The number of nitrogens with one attached hydrogen (secondary N) is 1. The maximum absolute atomic E-state index is 15.9. The van der Waals surface area contributed by atoms with Gasteiger partial charge in [0.2, 0.25) is 0 Å². The number of hydrogen-bond donors (Lipinski definition) is 1. The number of hydrogen-bond acceptors (Lipinski definition) is 7. The van der Waals surface area contributed by atoms with Crippen molar-refractivity contribution >= 4 is 51.2 Å². The number of halogens is 3. The summed E-state index contributed by atoms with van der Waals surface area (Å²) in [5.41, 5.74) is 1.11. The summed E-state index contributed by atoms with van der Waals surface area (Å²) in [6, 6.07) is 6.24. The minimum atomic E-state index is -1.06. The van der Waals surface area contributed by atoms with Gasteiger partial charge in [-0.05, 0) is 95.2 Å². The lowest BCUT2D eigenvalue weighted by Gasteiger charge is -2.47. The van der Waals surface area contributed by atoms with Gasteiger partial charge in [0, 0.05) is 63.1 Å². The number of carbonyl (C=O) groups is 1. The molecule has 55 heavy (non-hydrogen) atoms. The van der Waals surface area contributed by atoms with Crippen LogP contribution in [0.5, 0.6) is 0 Å². The molecule has 2 aliphatic heterocycles. The number of aromatic amines is 1. The summed E-state index contributed by atoms with van der Waals surface area (Å²) >= 11 is 12.8. The third-order valence-electron chi connectivity index (χ3n) is 12.0. The molecule has 1 aromatic carbocycles. The highest BCUT2D eigenvalue weighted by atomic mass is 35.5. The number of carbonyl (C=O) groups excluding carboxylic acids is 1. The summed E-state index contributed by atoms with van der Waals surface area (Å²) in [6.45, 7) is 9.31. The van der Waals surface area contributed by atoms with Crippen molar-refractivity contribution in [1.82, 2.24) is 38.7 Å². The molecule has 2 atom stereocenters. The zero-order chi connectivity index (χ0) is 38.8. The molecule has 2 saturated heterocycles. The Morgan fingerprint density at radius 1 is 1.02 bits per heavy atom. The van der Waals surface area contributed by atoms with Crippen molar-refractivity contribution in [1.29, 1.82) is 0 Å². The molecule has 5 aromatic rings. The SMILES string of the molecule is Cn1c(=O)n(-c2c(Cl)cccc2Cl)c(=O)c2cnc3[nH]c(-c4cnn([C@@H]5CCN(CC6CCC7(CC6)CCN(C(=O)OC(C)(C)C)CC7)C[C@H]5F)c4)cc3c21. The summed E-state index contributed by atoms with van der Waals surface area (Å²) < 4.78 is 25.6. The molecule has 12 nitrogen and oxygen atoms in total. The largest absolute Gasteiger partial charge is 0.444 e. The second-order valence-electron chi connectivity index (χ2n) is 16.8. The molecular weight excluding hydrogens is 746 g/mol. The molecule has 0 bridgehead atoms. The minimum Gasteiger partial charge on any atom is -0.444 e. The van der Waals surface area contributed by atoms with Crippen molar-refractivity contribution in [3.8, 4) is 16.9 Å². The van der Waals surface area contributed by atoms with Gasteiger partial charge in [0.05, 0.1) is 44.6 Å². The van der Waals surface area contributed by atoms with Crippen LogP contribution in [0, 0.1) is 11.3 Å². The lowest BCUT2D eigenvalue weighted by atomic mass is 9.65. The third kappa shape index (κ3) is 7.19. The number of fused-ring (bicyclic) bond motifs is 3. The van der Waals surface area contributed by atoms with E-state index in [1.54, 1.807) is 36.1 Å². The van der Waals surface area contributed by atoms with Gasteiger partial charge in [-0.3, -0.25) is 14.0 Å². The Hall–Kier alpha value is -4.20. The Kier molecular flexibility index (Phi) is 9.86. The van der Waals surface area contributed by atoms with Crippen LogP contribution in [0.2, 0.25) is 10.0 Å². The van der Waals surface area contributed by atoms with Gasteiger partial charge in [-0.2, -0.15) is 5.10 Å². The number of nitrogens with zero attached hydrogens (tertiary/aromatic N) is 7. The molecule has 8 rings (SSSR count). The first-order valence-electron chi connectivity index (χ1n) is 19.2. The van der Waals surface area contributed by atoms with Crippen LogP contribution in [0.4, 0.5) is 9.18 Å². The summed E-state index contributed by atoms with van der Waals surface area (Å²) in [5.74, 6) is 0.553. The zero-order valence-electron chi connectivity index (χ0n) is 31.7. The van der Waals surface area contributed by atoms with Crippen molar-refractivity contribution in [3.63, 3.8) is 0 Å². The molecule has 1 saturated carbocycles. The molecule has 3 aliphatic rings. The Morgan fingerprint density at radius 3 is 2.40 bits per heavy atom. The summed E-state index contributed by atoms with van der Waals surface area (Å²) in [7, 11) is 1.59. The average Bonchev–Trinajstić information content (AvgIpc) is 3.80. The van der Waals surface area contributed by atoms with Crippen LogP contribution in [0.1, 0.15) is 71.8 Å². The van der Waals surface area contributed by atoms with Crippen LogP contribution in [0.3, 0.4) is 0 Å². The monoisotopic (exact) mass is 792 g/mol. The van der Waals surface area contributed by atoms with E-state index in [-0.39, 0.29) is 33.3 Å². The predicted molar refractivity (Wildman–Crippen MR) is 212 cm³/mol. The highest BCUT2D eigenvalue weighted by molar-refractivity contribution is 6.37. The maximum atomic E-state index is 15.9. The van der Waals surface area contributed by atoms with Crippen LogP contribution in [0.15, 0.2) is 52.4 Å². The normalized spacial score (nSPS) is 21.2. The number of amides is 1. The second kappa shape index (κ2) is 14.4. The van der Waals surface area contributed by atoms with Gasteiger partial charge in [0.25, 0.3) is 5.56 Å². The van der Waals surface area contributed by atoms with Crippen LogP contribution in [0.25, 0.3) is 38.9 Å². The van der Waals surface area contributed by atoms with Crippen molar-refractivity contribution < 1.29 is 13.9 Å². The van der Waals surface area contributed by atoms with Gasteiger partial charge in [-0.1, -0.05) is 29.3 Å². The van der Waals surface area contributed by atoms with E-state index in [0.29, 0.717) is 46.5 Å². The number of ether oxygens (including phenoxy) is 1. The van der Waals surface area contributed by atoms with E-state index in [2.05, 4.69) is 20.0 Å². The van der Waals surface area contributed by atoms with E-state index >= 15 is 4.39 Å². The van der Waals surface area contributed by atoms with Gasteiger partial charge in [-0.15, -0.1) is 0 Å². The molecule has 1 amide bonds. The van der Waals surface area contributed by atoms with E-state index in [1.807, 2.05) is 37.9 Å². The Balaban J connectivity index is 0.911. The Labute approximate surface area is 328 Å². The number of benzene rings is 1. The van der Waals surface area contributed by atoms with E-state index in [9.17, 15) is 14.4 Å². The number of piperidine rings is 2. The van der Waals surface area contributed by atoms with Crippen LogP contribution >= 0.6 is 23.2 Å². The fourth-order valence-corrected chi connectivity index (χ4v) is 9.56. The number of likely N-dealkylation sites (tertiary alicyclic amines) is 2. The fourth-order valence-electron chi connectivity index (χ4n) is 8.99. The number of pyridine rings is 1. The smallest absolute Gasteiger partial charge is 0.410 e. The van der Waals surface area contributed by atoms with Crippen LogP contribution in [-0.2, 0) is 11.8 Å². The number of rotatable bonds is 5. The molecule has 3 fully saturated rings. The minimum absolute atomic E-state index is 0.120. The van der Waals surface area contributed by atoms with Crippen LogP contribution in [-0.4, -0.2) is 89.3 Å². The summed E-state index contributed by atoms with van der Waals surface area (Å²) in [6.07, 6.45) is 11.0. The fraction of sp³-hybridized carbons (Fsp3) is 0.525. The van der Waals surface area contributed by atoms with E-state index in [4.69, 9.17) is 27.9 Å². The number of alkyl halides is 1. The predicted octanol–water partition coefficient (Wildman–Crippen LogP) is 7.53. The van der Waals surface area contributed by atoms with Gasteiger partial charge < -0.3 is 19.5 Å². The van der Waals surface area contributed by atoms with E-state index in [0.717, 1.165) is 74.8 Å². The number of aryl methyl sites for hydroxylation is 1. The maximum Gasteiger partial charge on any atom is 0.410 e. The van der Waals surface area contributed by atoms with Crippen molar-refractivity contribution in [2.45, 2.75) is 83.5 Å². The lowest BCUT2D eigenvalue weighted by Crippen LogP contribution is -2.47. The first-order valence-corrected chi connectivity index (χ1v) is 19.9. The first kappa shape index (κ1) is 37.7. The van der Waals surface area contributed by atoms with Crippen molar-refractivity contribution in [2.75, 3.05) is 32.7 Å². The molecule has 0 radical (unpaired) electrons. The quantitative estimate of drug-likeness (QED) is 0.195. The molecule has 1 spiro atoms. The molecule has 1 aliphatic carbocycles. The second-order valence-corrected chi connectivity index (χ2v) is 17.6. The molecule has 6 heterocycles. The van der Waals surface area contributed by atoms with Crippen molar-refractivity contribution in [3.05, 3.63) is 73.7 Å². The summed E-state index contributed by atoms with van der Waals surface area (Å²) in [5, 5.41) is 5.75. The standard InChI is InChI=1S/C40H47Cl2FN8O4/c1-39(2,3)55-38(54)49-16-13-40(14-17-49)11-8-24(9-12-40)21-48-15-10-32(30(43)23-48)50-22-25(19-45-50)31-18-26-33-27(20-44-35(26)46-31)36(52)51(37(53)47(33)4)34-28(41)6-5-7-29(34)42/h5-7,18-20,22,24,30,32H,8-17,21,23H2,1-4H3,(H,44,46)/t30-,32-/m1/s1. The summed E-state index contributed by atoms with van der Waals surface area (Å²) in [4.78, 5) is 51.8. The number of H-pyrrole nitrogens is 1. The molecule has 1 N–H and O–H groups in total. The van der Waals surface area contributed by atoms with Gasteiger partial charge in [-0.25, -0.2) is 23.5 Å². The Bertz CT molecular complexity index is 2360. The van der Waals surface area contributed by atoms with E-state index < -0.39 is 23.0 Å². The third-order valence-corrected chi connectivity index (χ3v) is 12.6. The van der Waals surface area contributed by atoms with Gasteiger partial charge in [0.15, 0.2) is 0 Å². The lowest BCUT2D eigenvalue weighted by molar-refractivity contribution is -0.00173. The average molecular weight is 794 g/mol. The topological polar surface area (TPSA) is 123 Å². The number of para-hydroxylation sites is 1. The first-order chi connectivity index (χ1) is 26.2. The molecule has 15 heteroatoms. The highest BCUT2D eigenvalue weighted by Crippen LogP contribution is 2.47. The molecular formula is C40H47Cl2FN8O4. The van der Waals surface area contributed by atoms with Crippen LogP contribution < -0.4 is 11.2 Å². The highest BCUT2D eigenvalue weighted by Gasteiger charge is 2.41. The van der Waals surface area contributed by atoms with Crippen molar-refractivity contribution in [2.24, 2.45) is 18.4 Å². The Morgan fingerprint density at radius 2 is 1.73 bits per heavy atom. The zero-order valence-corrected chi connectivity index (χ0v) is 33.2.